The zero-order valence-electron chi connectivity index (χ0n) is 10.8. The summed E-state index contributed by atoms with van der Waals surface area (Å²) in [6.45, 7) is 0.855. The van der Waals surface area contributed by atoms with Crippen molar-refractivity contribution in [2.24, 2.45) is 5.92 Å². The topological polar surface area (TPSA) is 9.23 Å². The molecule has 1 nitrogen and oxygen atoms in total. The van der Waals surface area contributed by atoms with Crippen molar-refractivity contribution in [2.75, 3.05) is 6.61 Å². The monoisotopic (exact) mass is 308 g/mol. The van der Waals surface area contributed by atoms with Crippen LogP contribution in [-0.2, 0) is 6.42 Å². The maximum atomic E-state index is 5.56. The molecule has 1 heterocycles. The van der Waals surface area contributed by atoms with Crippen LogP contribution >= 0.6 is 15.9 Å². The minimum atomic E-state index is 0.518. The summed E-state index contributed by atoms with van der Waals surface area (Å²) < 4.78 is 5.56. The molecule has 1 unspecified atom stereocenters. The molecule has 1 aromatic rings. The highest BCUT2D eigenvalue weighted by Crippen LogP contribution is 2.36. The molecule has 0 N–H and O–H groups in total. The Morgan fingerprint density at radius 3 is 2.94 bits per heavy atom. The summed E-state index contributed by atoms with van der Waals surface area (Å²) >= 11 is 3.86. The standard InChI is InChI=1S/C16H21BrO/c17-15(7-5-12-3-1-2-4-12)13-6-8-16-14(11-13)9-10-18-16/h6,8,11-12,15H,1-5,7,9-10H2. The fraction of sp³-hybridized carbons (Fsp3) is 0.625. The molecule has 1 fully saturated rings. The van der Waals surface area contributed by atoms with Gasteiger partial charge >= 0.3 is 0 Å². The first-order chi connectivity index (χ1) is 8.83. The molecule has 3 rings (SSSR count). The molecule has 0 saturated heterocycles. The van der Waals surface area contributed by atoms with Crippen molar-refractivity contribution in [1.82, 2.24) is 0 Å². The molecule has 2 heteroatoms. The highest BCUT2D eigenvalue weighted by molar-refractivity contribution is 9.09. The van der Waals surface area contributed by atoms with Gasteiger partial charge in [0.05, 0.1) is 6.61 Å². The van der Waals surface area contributed by atoms with E-state index in [0.29, 0.717) is 4.83 Å². The van der Waals surface area contributed by atoms with Gasteiger partial charge in [0.1, 0.15) is 5.75 Å². The molecule has 1 aliphatic carbocycles. The van der Waals surface area contributed by atoms with Crippen molar-refractivity contribution >= 4 is 15.9 Å². The molecule has 0 spiro atoms. The fourth-order valence-electron chi connectivity index (χ4n) is 3.25. The van der Waals surface area contributed by atoms with E-state index in [9.17, 15) is 0 Å². The van der Waals surface area contributed by atoms with Crippen LogP contribution in [0.2, 0.25) is 0 Å². The summed E-state index contributed by atoms with van der Waals surface area (Å²) in [6, 6.07) is 6.69. The van der Waals surface area contributed by atoms with Crippen LogP contribution in [-0.4, -0.2) is 6.61 Å². The van der Waals surface area contributed by atoms with Crippen LogP contribution in [0.5, 0.6) is 5.75 Å². The Bertz CT molecular complexity index is 410. The lowest BCUT2D eigenvalue weighted by atomic mass is 9.97. The first-order valence-corrected chi connectivity index (χ1v) is 8.14. The molecule has 1 saturated carbocycles. The number of rotatable bonds is 4. The first kappa shape index (κ1) is 12.5. The van der Waals surface area contributed by atoms with Crippen molar-refractivity contribution in [1.29, 1.82) is 0 Å². The average molecular weight is 309 g/mol. The molecular weight excluding hydrogens is 288 g/mol. The van der Waals surface area contributed by atoms with Crippen molar-refractivity contribution in [2.45, 2.75) is 49.8 Å². The number of fused-ring (bicyclic) bond motifs is 1. The van der Waals surface area contributed by atoms with E-state index in [1.54, 1.807) is 0 Å². The third-order valence-corrected chi connectivity index (χ3v) is 5.36. The van der Waals surface area contributed by atoms with Gasteiger partial charge in [-0.15, -0.1) is 0 Å². The van der Waals surface area contributed by atoms with Crippen LogP contribution < -0.4 is 4.74 Å². The average Bonchev–Trinajstić information content (AvgIpc) is 3.05. The maximum absolute atomic E-state index is 5.56. The van der Waals surface area contributed by atoms with E-state index in [-0.39, 0.29) is 0 Å². The van der Waals surface area contributed by atoms with Crippen molar-refractivity contribution in [3.63, 3.8) is 0 Å². The van der Waals surface area contributed by atoms with E-state index in [2.05, 4.69) is 34.1 Å². The molecule has 0 aromatic heterocycles. The van der Waals surface area contributed by atoms with Crippen LogP contribution in [0.15, 0.2) is 18.2 Å². The molecule has 18 heavy (non-hydrogen) atoms. The zero-order valence-corrected chi connectivity index (χ0v) is 12.4. The fourth-order valence-corrected chi connectivity index (χ4v) is 3.80. The normalized spacial score (nSPS) is 20.7. The number of halogens is 1. The van der Waals surface area contributed by atoms with Gasteiger partial charge in [0.2, 0.25) is 0 Å². The second-order valence-corrected chi connectivity index (χ2v) is 6.77. The van der Waals surface area contributed by atoms with Crippen LogP contribution in [0.4, 0.5) is 0 Å². The molecule has 0 radical (unpaired) electrons. The van der Waals surface area contributed by atoms with Gasteiger partial charge in [-0.3, -0.25) is 0 Å². The molecule has 98 valence electrons. The van der Waals surface area contributed by atoms with Crippen LogP contribution in [0.3, 0.4) is 0 Å². The summed E-state index contributed by atoms with van der Waals surface area (Å²) in [6.07, 6.45) is 9.54. The zero-order chi connectivity index (χ0) is 12.4. The molecule has 0 amide bonds. The van der Waals surface area contributed by atoms with Crippen LogP contribution in [0, 0.1) is 5.92 Å². The Labute approximate surface area is 118 Å². The van der Waals surface area contributed by atoms with Gasteiger partial charge in [-0.2, -0.15) is 0 Å². The minimum Gasteiger partial charge on any atom is -0.493 e. The van der Waals surface area contributed by atoms with Crippen molar-refractivity contribution in [3.8, 4) is 5.75 Å². The van der Waals surface area contributed by atoms with Gasteiger partial charge in [0.25, 0.3) is 0 Å². The quantitative estimate of drug-likeness (QED) is 0.709. The summed E-state index contributed by atoms with van der Waals surface area (Å²) in [7, 11) is 0. The number of benzene rings is 1. The smallest absolute Gasteiger partial charge is 0.122 e. The third-order valence-electron chi connectivity index (χ3n) is 4.38. The molecule has 1 atom stereocenters. The van der Waals surface area contributed by atoms with E-state index in [4.69, 9.17) is 4.74 Å². The number of hydrogen-bond acceptors (Lipinski definition) is 1. The highest BCUT2D eigenvalue weighted by atomic mass is 79.9. The molecule has 0 bridgehead atoms. The van der Waals surface area contributed by atoms with Crippen LogP contribution in [0.1, 0.15) is 54.5 Å². The second-order valence-electron chi connectivity index (χ2n) is 5.66. The van der Waals surface area contributed by atoms with Gasteiger partial charge in [-0.25, -0.2) is 0 Å². The van der Waals surface area contributed by atoms with Crippen LogP contribution in [0.25, 0.3) is 0 Å². The van der Waals surface area contributed by atoms with E-state index >= 15 is 0 Å². The summed E-state index contributed by atoms with van der Waals surface area (Å²) in [5.41, 5.74) is 2.81. The van der Waals surface area contributed by atoms with E-state index in [1.165, 1.54) is 49.7 Å². The largest absolute Gasteiger partial charge is 0.493 e. The van der Waals surface area contributed by atoms with Crippen molar-refractivity contribution < 1.29 is 4.74 Å². The van der Waals surface area contributed by atoms with E-state index < -0.39 is 0 Å². The summed E-state index contributed by atoms with van der Waals surface area (Å²) in [5.74, 6) is 2.08. The number of hydrogen-bond donors (Lipinski definition) is 0. The molecule has 1 aliphatic heterocycles. The number of alkyl halides is 1. The SMILES string of the molecule is BrC(CCC1CCCC1)c1ccc2c(c1)CCO2. The Morgan fingerprint density at radius 2 is 2.11 bits per heavy atom. The number of ether oxygens (including phenoxy) is 1. The molecule has 1 aromatic carbocycles. The van der Waals surface area contributed by atoms with Gasteiger partial charge in [-0.05, 0) is 36.0 Å². The van der Waals surface area contributed by atoms with Gasteiger partial charge < -0.3 is 4.74 Å². The van der Waals surface area contributed by atoms with E-state index in [0.717, 1.165) is 24.7 Å². The highest BCUT2D eigenvalue weighted by Gasteiger charge is 2.18. The van der Waals surface area contributed by atoms with Gasteiger partial charge in [0.15, 0.2) is 0 Å². The Balaban J connectivity index is 1.59. The molecular formula is C16H21BrO. The molecule has 2 aliphatic rings. The Hall–Kier alpha value is -0.500. The summed E-state index contributed by atoms with van der Waals surface area (Å²) in [5, 5.41) is 0. The minimum absolute atomic E-state index is 0.518. The third kappa shape index (κ3) is 2.74. The van der Waals surface area contributed by atoms with Crippen molar-refractivity contribution in [3.05, 3.63) is 29.3 Å². The maximum Gasteiger partial charge on any atom is 0.122 e. The second kappa shape index (κ2) is 5.64. The lowest BCUT2D eigenvalue weighted by Gasteiger charge is -2.14. The Morgan fingerprint density at radius 1 is 1.28 bits per heavy atom. The lowest BCUT2D eigenvalue weighted by Crippen LogP contribution is -1.97. The van der Waals surface area contributed by atoms with E-state index in [1.807, 2.05) is 0 Å². The predicted octanol–water partition coefficient (Wildman–Crippen LogP) is 5.03. The summed E-state index contributed by atoms with van der Waals surface area (Å²) in [4.78, 5) is 0.518. The predicted molar refractivity (Wildman–Crippen MR) is 78.5 cm³/mol. The van der Waals surface area contributed by atoms with Gasteiger partial charge in [-0.1, -0.05) is 53.7 Å². The van der Waals surface area contributed by atoms with Gasteiger partial charge in [0, 0.05) is 11.2 Å². The Kier molecular flexibility index (Phi) is 3.93. The first-order valence-electron chi connectivity index (χ1n) is 7.22. The lowest BCUT2D eigenvalue weighted by molar-refractivity contribution is 0.357.